The summed E-state index contributed by atoms with van der Waals surface area (Å²) in [4.78, 5) is 79.3. The normalized spacial score (nSPS) is 24.1. The minimum Gasteiger partial charge on any atom is -0.447 e. The van der Waals surface area contributed by atoms with E-state index in [1.54, 1.807) is 13.8 Å². The van der Waals surface area contributed by atoms with E-state index < -0.39 is 65.2 Å². The van der Waals surface area contributed by atoms with Crippen LogP contribution < -0.4 is 27.0 Å². The molecule has 13 nitrogen and oxygen atoms in total. The first-order valence-corrected chi connectivity index (χ1v) is 16.2. The number of urea groups is 1. The molecule has 6 amide bonds. The highest BCUT2D eigenvalue weighted by Crippen LogP contribution is 2.65. The van der Waals surface area contributed by atoms with Crippen LogP contribution in [0, 0.1) is 34.5 Å². The standard InChI is InChI=1S/C32H54N6O7/c1-16(2)21(14-34-30(44)45-17(3)4)36-29(43)37-25(31(5,6)7)28(42)38-15-19-22(32(19,8)9)23(38)27(41)35-20(24(39)26(33)40)13-18-11-10-12-18/h16-23,25H,10-15H2,1-9H3,(H2,33,40)(H,34,44)(H,35,41)(H2,36,37,43)/t19-,20?,21?,22-,23-,25+/m0/s1. The number of carbonyl (C=O) groups excluding carboxylic acids is 6. The lowest BCUT2D eigenvalue weighted by Gasteiger charge is -2.38. The molecule has 3 rings (SSSR count). The van der Waals surface area contributed by atoms with Crippen LogP contribution in [0.5, 0.6) is 0 Å². The van der Waals surface area contributed by atoms with Gasteiger partial charge in [-0.1, -0.05) is 67.7 Å². The second-order valence-electron chi connectivity index (χ2n) is 15.3. The summed E-state index contributed by atoms with van der Waals surface area (Å²) in [5, 5.41) is 11.1. The van der Waals surface area contributed by atoms with Gasteiger partial charge >= 0.3 is 12.1 Å². The maximum absolute atomic E-state index is 14.2. The molecule has 0 aromatic rings. The highest BCUT2D eigenvalue weighted by molar-refractivity contribution is 6.37. The van der Waals surface area contributed by atoms with E-state index in [1.165, 1.54) is 4.90 Å². The summed E-state index contributed by atoms with van der Waals surface area (Å²) >= 11 is 0. The smallest absolute Gasteiger partial charge is 0.407 e. The molecule has 1 aliphatic heterocycles. The molecule has 0 aromatic heterocycles. The molecule has 1 heterocycles. The second kappa shape index (κ2) is 13.9. The van der Waals surface area contributed by atoms with Crippen LogP contribution in [0.1, 0.15) is 88.0 Å². The molecule has 6 N–H and O–H groups in total. The lowest BCUT2D eigenvalue weighted by atomic mass is 9.80. The summed E-state index contributed by atoms with van der Waals surface area (Å²) in [7, 11) is 0. The van der Waals surface area contributed by atoms with Crippen LogP contribution in [0.15, 0.2) is 0 Å². The van der Waals surface area contributed by atoms with Crippen molar-refractivity contribution < 1.29 is 33.5 Å². The zero-order valence-corrected chi connectivity index (χ0v) is 28.3. The monoisotopic (exact) mass is 634 g/mol. The molecule has 1 saturated heterocycles. The number of nitrogens with two attached hydrogens (primary N) is 1. The van der Waals surface area contributed by atoms with Gasteiger partial charge in [-0.25, -0.2) is 9.59 Å². The summed E-state index contributed by atoms with van der Waals surface area (Å²) in [6, 6.07) is -3.93. The Morgan fingerprint density at radius 3 is 2.09 bits per heavy atom. The molecule has 13 heteroatoms. The first kappa shape index (κ1) is 36.1. The van der Waals surface area contributed by atoms with Crippen LogP contribution in [0.4, 0.5) is 9.59 Å². The van der Waals surface area contributed by atoms with E-state index in [1.807, 2.05) is 34.6 Å². The van der Waals surface area contributed by atoms with Gasteiger partial charge in [-0.05, 0) is 54.8 Å². The highest BCUT2D eigenvalue weighted by Gasteiger charge is 2.70. The summed E-state index contributed by atoms with van der Waals surface area (Å²) in [6.07, 6.45) is 2.32. The van der Waals surface area contributed by atoms with Gasteiger partial charge in [0, 0.05) is 13.1 Å². The number of fused-ring (bicyclic) bond motifs is 1. The van der Waals surface area contributed by atoms with E-state index in [9.17, 15) is 28.8 Å². The topological polar surface area (TPSA) is 189 Å². The molecule has 0 aromatic carbocycles. The van der Waals surface area contributed by atoms with Crippen LogP contribution in [0.25, 0.3) is 0 Å². The molecule has 45 heavy (non-hydrogen) atoms. The van der Waals surface area contributed by atoms with E-state index in [4.69, 9.17) is 10.5 Å². The Balaban J connectivity index is 1.76. The Hall–Kier alpha value is -3.38. The molecule has 2 aliphatic carbocycles. The molecular weight excluding hydrogens is 580 g/mol. The Kier molecular flexibility index (Phi) is 11.2. The zero-order valence-electron chi connectivity index (χ0n) is 28.3. The first-order valence-electron chi connectivity index (χ1n) is 16.2. The lowest BCUT2D eigenvalue weighted by molar-refractivity contribution is -0.145. The number of primary amides is 1. The van der Waals surface area contributed by atoms with Crippen molar-refractivity contribution in [1.82, 2.24) is 26.2 Å². The van der Waals surface area contributed by atoms with Crippen LogP contribution in [0.2, 0.25) is 0 Å². The average molecular weight is 635 g/mol. The fourth-order valence-electron chi connectivity index (χ4n) is 6.59. The van der Waals surface area contributed by atoms with Crippen molar-refractivity contribution in [3.63, 3.8) is 0 Å². The predicted molar refractivity (Wildman–Crippen MR) is 168 cm³/mol. The van der Waals surface area contributed by atoms with Crippen molar-refractivity contribution in [2.24, 2.45) is 40.2 Å². The van der Waals surface area contributed by atoms with Crippen molar-refractivity contribution in [2.45, 2.75) is 118 Å². The summed E-state index contributed by atoms with van der Waals surface area (Å²) in [5.74, 6) is -2.71. The first-order chi connectivity index (χ1) is 20.7. The average Bonchev–Trinajstić information content (AvgIpc) is 3.20. The molecule has 6 atom stereocenters. The Morgan fingerprint density at radius 1 is 0.978 bits per heavy atom. The quantitative estimate of drug-likeness (QED) is 0.192. The molecule has 2 saturated carbocycles. The van der Waals surface area contributed by atoms with E-state index in [0.717, 1.165) is 19.3 Å². The SMILES string of the molecule is CC(C)OC(=O)NCC(NC(=O)N[C@H](C(=O)N1C[C@H]2[C@@H]([C@H]1C(=O)NC(CC1CCC1)C(=O)C(N)=O)C2(C)C)C(C)(C)C)C(C)C. The molecule has 2 unspecified atom stereocenters. The van der Waals surface area contributed by atoms with Crippen molar-refractivity contribution in [1.29, 1.82) is 0 Å². The Labute approximate surface area is 266 Å². The van der Waals surface area contributed by atoms with Gasteiger partial charge in [-0.2, -0.15) is 0 Å². The number of amides is 6. The molecule has 0 bridgehead atoms. The lowest BCUT2D eigenvalue weighted by Crippen LogP contribution is -2.62. The molecular formula is C32H54N6O7. The number of alkyl carbamates (subject to hydrolysis) is 1. The number of ketones is 1. The summed E-state index contributed by atoms with van der Waals surface area (Å²) < 4.78 is 5.11. The third kappa shape index (κ3) is 8.66. The maximum atomic E-state index is 14.2. The van der Waals surface area contributed by atoms with Gasteiger partial charge in [-0.3, -0.25) is 19.2 Å². The molecule has 0 radical (unpaired) electrons. The van der Waals surface area contributed by atoms with Crippen LogP contribution in [-0.4, -0.2) is 83.9 Å². The minimum absolute atomic E-state index is 0.0455. The van der Waals surface area contributed by atoms with Gasteiger partial charge in [0.05, 0.1) is 18.2 Å². The molecule has 3 fully saturated rings. The third-order valence-electron chi connectivity index (χ3n) is 9.75. The summed E-state index contributed by atoms with van der Waals surface area (Å²) in [6.45, 7) is 17.3. The van der Waals surface area contributed by atoms with E-state index in [2.05, 4.69) is 35.1 Å². The van der Waals surface area contributed by atoms with E-state index in [-0.39, 0.29) is 41.7 Å². The van der Waals surface area contributed by atoms with Crippen molar-refractivity contribution in [3.8, 4) is 0 Å². The maximum Gasteiger partial charge on any atom is 0.407 e. The Bertz CT molecular complexity index is 1160. The van der Waals surface area contributed by atoms with Crippen molar-refractivity contribution in [3.05, 3.63) is 0 Å². The summed E-state index contributed by atoms with van der Waals surface area (Å²) in [5.41, 5.74) is 4.41. The number of nitrogens with one attached hydrogen (secondary N) is 4. The Morgan fingerprint density at radius 2 is 1.60 bits per heavy atom. The largest absolute Gasteiger partial charge is 0.447 e. The number of hydrogen-bond donors (Lipinski definition) is 5. The van der Waals surface area contributed by atoms with Gasteiger partial charge in [0.2, 0.25) is 17.6 Å². The zero-order chi connectivity index (χ0) is 34.0. The van der Waals surface area contributed by atoms with Crippen LogP contribution in [-0.2, 0) is 23.9 Å². The number of piperidine rings is 1. The second-order valence-corrected chi connectivity index (χ2v) is 15.3. The van der Waals surface area contributed by atoms with Gasteiger partial charge in [0.25, 0.3) is 5.91 Å². The van der Waals surface area contributed by atoms with Gasteiger partial charge in [-0.15, -0.1) is 0 Å². The number of nitrogens with zero attached hydrogens (tertiary/aromatic N) is 1. The number of Topliss-reactive ketones (excluding diaryl/α,β-unsaturated/α-hetero) is 1. The van der Waals surface area contributed by atoms with Crippen LogP contribution in [0.3, 0.4) is 0 Å². The highest BCUT2D eigenvalue weighted by atomic mass is 16.6. The van der Waals surface area contributed by atoms with Crippen molar-refractivity contribution in [2.75, 3.05) is 13.1 Å². The number of hydrogen-bond acceptors (Lipinski definition) is 7. The number of likely N-dealkylation sites (tertiary alicyclic amines) is 1. The molecule has 0 spiro atoms. The van der Waals surface area contributed by atoms with Crippen LogP contribution >= 0.6 is 0 Å². The fraction of sp³-hybridized carbons (Fsp3) is 0.812. The van der Waals surface area contributed by atoms with Crippen molar-refractivity contribution >= 4 is 35.6 Å². The molecule has 254 valence electrons. The number of carbonyl (C=O) groups is 6. The predicted octanol–water partition coefficient (Wildman–Crippen LogP) is 2.07. The fourth-order valence-corrected chi connectivity index (χ4v) is 6.59. The van der Waals surface area contributed by atoms with Gasteiger partial charge in [0.1, 0.15) is 12.1 Å². The third-order valence-corrected chi connectivity index (χ3v) is 9.75. The molecule has 3 aliphatic rings. The number of rotatable bonds is 13. The van der Waals surface area contributed by atoms with E-state index >= 15 is 0 Å². The minimum atomic E-state index is -1.10. The number of ether oxygens (including phenoxy) is 1. The van der Waals surface area contributed by atoms with E-state index in [0.29, 0.717) is 13.0 Å². The van der Waals surface area contributed by atoms with Gasteiger partial charge in [0.15, 0.2) is 0 Å². The van der Waals surface area contributed by atoms with Gasteiger partial charge < -0.3 is 36.6 Å².